The van der Waals surface area contributed by atoms with Gasteiger partial charge in [-0.2, -0.15) is 11.8 Å². The zero-order valence-electron chi connectivity index (χ0n) is 10.6. The maximum atomic E-state index is 12.1. The van der Waals surface area contributed by atoms with E-state index in [0.29, 0.717) is 12.3 Å². The monoisotopic (exact) mass is 255 g/mol. The van der Waals surface area contributed by atoms with Crippen LogP contribution < -0.4 is 5.32 Å². The summed E-state index contributed by atoms with van der Waals surface area (Å²) in [6, 6.07) is 0. The highest BCUT2D eigenvalue weighted by Crippen LogP contribution is 2.48. The van der Waals surface area contributed by atoms with Crippen molar-refractivity contribution in [2.24, 2.45) is 17.3 Å². The Bertz CT molecular complexity index is 321. The second kappa shape index (κ2) is 5.01. The molecule has 2 rings (SSSR count). The van der Waals surface area contributed by atoms with Crippen LogP contribution in [-0.4, -0.2) is 23.3 Å². The van der Waals surface area contributed by atoms with Crippen LogP contribution in [0.1, 0.15) is 39.5 Å². The van der Waals surface area contributed by atoms with Gasteiger partial charge in [-0.3, -0.25) is 14.9 Å². The number of piperidine rings is 1. The molecule has 2 aliphatic rings. The zero-order chi connectivity index (χ0) is 12.5. The maximum Gasteiger partial charge on any atom is 0.230 e. The van der Waals surface area contributed by atoms with E-state index in [1.54, 1.807) is 0 Å². The normalized spacial score (nSPS) is 28.5. The average molecular weight is 255 g/mol. The molecule has 0 aromatic heterocycles. The third kappa shape index (κ3) is 2.67. The Morgan fingerprint density at radius 2 is 2.00 bits per heavy atom. The second-order valence-electron chi connectivity index (χ2n) is 5.75. The van der Waals surface area contributed by atoms with Gasteiger partial charge in [-0.05, 0) is 42.1 Å². The number of nitrogens with one attached hydrogen (secondary N) is 1. The van der Waals surface area contributed by atoms with E-state index in [2.05, 4.69) is 19.2 Å². The van der Waals surface area contributed by atoms with Crippen LogP contribution in [0.3, 0.4) is 0 Å². The maximum absolute atomic E-state index is 12.1. The summed E-state index contributed by atoms with van der Waals surface area (Å²) >= 11 is 1.94. The lowest BCUT2D eigenvalue weighted by atomic mass is 9.64. The Balaban J connectivity index is 2.22. The lowest BCUT2D eigenvalue weighted by Gasteiger charge is -2.45. The number of hydrogen-bond donors (Lipinski definition) is 1. The fourth-order valence-corrected chi connectivity index (χ4v) is 4.43. The number of carbonyl (C=O) groups excluding carboxylic acids is 2. The van der Waals surface area contributed by atoms with Gasteiger partial charge in [0.15, 0.2) is 0 Å². The lowest BCUT2D eigenvalue weighted by Crippen LogP contribution is -2.53. The van der Waals surface area contributed by atoms with Gasteiger partial charge in [0, 0.05) is 12.3 Å². The van der Waals surface area contributed by atoms with E-state index in [0.717, 1.165) is 30.8 Å². The van der Waals surface area contributed by atoms with Gasteiger partial charge in [0.25, 0.3) is 0 Å². The van der Waals surface area contributed by atoms with Crippen LogP contribution in [0.4, 0.5) is 0 Å². The van der Waals surface area contributed by atoms with E-state index >= 15 is 0 Å². The van der Waals surface area contributed by atoms with Crippen LogP contribution in [0, 0.1) is 17.3 Å². The molecule has 3 nitrogen and oxygen atoms in total. The molecule has 17 heavy (non-hydrogen) atoms. The Morgan fingerprint density at radius 3 is 2.59 bits per heavy atom. The molecule has 0 aliphatic carbocycles. The highest BCUT2D eigenvalue weighted by atomic mass is 32.2. The molecule has 1 unspecified atom stereocenters. The first-order valence-electron chi connectivity index (χ1n) is 6.45. The average Bonchev–Trinajstić information content (AvgIpc) is 2.24. The van der Waals surface area contributed by atoms with Crippen molar-refractivity contribution < 1.29 is 9.59 Å². The summed E-state index contributed by atoms with van der Waals surface area (Å²) < 4.78 is 0. The van der Waals surface area contributed by atoms with Crippen molar-refractivity contribution in [1.29, 1.82) is 0 Å². The smallest absolute Gasteiger partial charge is 0.230 e. The van der Waals surface area contributed by atoms with Crippen LogP contribution >= 0.6 is 11.8 Å². The molecule has 2 saturated heterocycles. The lowest BCUT2D eigenvalue weighted by molar-refractivity contribution is -0.145. The fraction of sp³-hybridized carbons (Fsp3) is 0.846. The molecule has 0 aromatic carbocycles. The highest BCUT2D eigenvalue weighted by molar-refractivity contribution is 7.99. The molecule has 2 fully saturated rings. The predicted octanol–water partition coefficient (Wildman–Crippen LogP) is 2.21. The van der Waals surface area contributed by atoms with Gasteiger partial charge in [0.2, 0.25) is 11.8 Å². The molecule has 0 bridgehead atoms. The molecule has 2 heterocycles. The Morgan fingerprint density at radius 1 is 1.35 bits per heavy atom. The predicted molar refractivity (Wildman–Crippen MR) is 69.7 cm³/mol. The van der Waals surface area contributed by atoms with E-state index in [-0.39, 0.29) is 23.1 Å². The summed E-state index contributed by atoms with van der Waals surface area (Å²) in [5.74, 6) is 2.64. The molecule has 2 aliphatic heterocycles. The van der Waals surface area contributed by atoms with Crippen molar-refractivity contribution in [3.8, 4) is 0 Å². The minimum Gasteiger partial charge on any atom is -0.296 e. The molecular weight excluding hydrogens is 234 g/mol. The van der Waals surface area contributed by atoms with Crippen LogP contribution in [0.5, 0.6) is 0 Å². The van der Waals surface area contributed by atoms with Crippen LogP contribution in [0.2, 0.25) is 0 Å². The summed E-state index contributed by atoms with van der Waals surface area (Å²) in [7, 11) is 0. The van der Waals surface area contributed by atoms with Crippen molar-refractivity contribution in [3.05, 3.63) is 0 Å². The molecule has 0 aromatic rings. The van der Waals surface area contributed by atoms with E-state index in [4.69, 9.17) is 0 Å². The zero-order valence-corrected chi connectivity index (χ0v) is 11.4. The molecule has 1 N–H and O–H groups in total. The highest BCUT2D eigenvalue weighted by Gasteiger charge is 2.48. The second-order valence-corrected chi connectivity index (χ2v) is 6.97. The van der Waals surface area contributed by atoms with Crippen LogP contribution in [0.25, 0.3) is 0 Å². The first-order chi connectivity index (χ1) is 8.03. The van der Waals surface area contributed by atoms with Gasteiger partial charge < -0.3 is 0 Å². The molecule has 96 valence electrons. The number of imide groups is 1. The Kier molecular flexibility index (Phi) is 3.81. The molecule has 0 radical (unpaired) electrons. The molecular formula is C13H21NO2S. The van der Waals surface area contributed by atoms with E-state index in [1.807, 2.05) is 11.8 Å². The summed E-state index contributed by atoms with van der Waals surface area (Å²) in [4.78, 5) is 23.7. The largest absolute Gasteiger partial charge is 0.296 e. The topological polar surface area (TPSA) is 46.2 Å². The minimum absolute atomic E-state index is 0.0261. The van der Waals surface area contributed by atoms with Crippen molar-refractivity contribution in [3.63, 3.8) is 0 Å². The van der Waals surface area contributed by atoms with Crippen LogP contribution in [0.15, 0.2) is 0 Å². The van der Waals surface area contributed by atoms with Gasteiger partial charge in [-0.15, -0.1) is 0 Å². The summed E-state index contributed by atoms with van der Waals surface area (Å²) in [5, 5.41) is 2.52. The first kappa shape index (κ1) is 12.9. The third-order valence-corrected chi connectivity index (χ3v) is 5.01. The SMILES string of the molecule is CC(C)CC1C(=O)NC(=O)CC12CCSCC2. The van der Waals surface area contributed by atoms with E-state index in [1.165, 1.54) is 0 Å². The van der Waals surface area contributed by atoms with Crippen molar-refractivity contribution in [2.45, 2.75) is 39.5 Å². The first-order valence-corrected chi connectivity index (χ1v) is 7.60. The summed E-state index contributed by atoms with van der Waals surface area (Å²) in [6.45, 7) is 4.30. The standard InChI is InChI=1S/C13H21NO2S/c1-9(2)7-10-12(16)14-11(15)8-13(10)3-5-17-6-4-13/h9-10H,3-8H2,1-2H3,(H,14,15,16). The molecule has 4 heteroatoms. The summed E-state index contributed by atoms with van der Waals surface area (Å²) in [6.07, 6.45) is 3.50. The van der Waals surface area contributed by atoms with Crippen molar-refractivity contribution in [2.75, 3.05) is 11.5 Å². The van der Waals surface area contributed by atoms with Crippen LogP contribution in [-0.2, 0) is 9.59 Å². The van der Waals surface area contributed by atoms with E-state index in [9.17, 15) is 9.59 Å². The van der Waals surface area contributed by atoms with Gasteiger partial charge in [-0.1, -0.05) is 13.8 Å². The van der Waals surface area contributed by atoms with Crippen molar-refractivity contribution in [1.82, 2.24) is 5.32 Å². The van der Waals surface area contributed by atoms with Gasteiger partial charge in [0.05, 0.1) is 0 Å². The number of thioether (sulfide) groups is 1. The minimum atomic E-state index is -0.0677. The number of rotatable bonds is 2. The fourth-order valence-electron chi connectivity index (χ4n) is 3.12. The number of amides is 2. The molecule has 2 amide bonds. The van der Waals surface area contributed by atoms with Gasteiger partial charge in [0.1, 0.15) is 0 Å². The third-order valence-electron chi connectivity index (χ3n) is 4.03. The molecule has 0 saturated carbocycles. The number of carbonyl (C=O) groups is 2. The van der Waals surface area contributed by atoms with Gasteiger partial charge >= 0.3 is 0 Å². The Hall–Kier alpha value is -0.510. The Labute approximate surface area is 107 Å². The summed E-state index contributed by atoms with van der Waals surface area (Å²) in [5.41, 5.74) is -0.0328. The van der Waals surface area contributed by atoms with Gasteiger partial charge in [-0.25, -0.2) is 0 Å². The number of hydrogen-bond acceptors (Lipinski definition) is 3. The quantitative estimate of drug-likeness (QED) is 0.770. The molecule has 1 spiro atoms. The molecule has 1 atom stereocenters. The van der Waals surface area contributed by atoms with Crippen molar-refractivity contribution >= 4 is 23.6 Å². The van der Waals surface area contributed by atoms with E-state index < -0.39 is 0 Å².